The predicted molar refractivity (Wildman–Crippen MR) is 39.0 cm³/mol. The Labute approximate surface area is 87.4 Å². The second-order valence-corrected chi connectivity index (χ2v) is 2.66. The molecule has 0 aromatic rings. The van der Waals surface area contributed by atoms with Crippen LogP contribution in [0.25, 0.3) is 0 Å². The fourth-order valence-corrected chi connectivity index (χ4v) is 0.757. The van der Waals surface area contributed by atoms with Crippen molar-refractivity contribution in [3.8, 4) is 0 Å². The summed E-state index contributed by atoms with van der Waals surface area (Å²) in [6.07, 6.45) is 5.53. The summed E-state index contributed by atoms with van der Waals surface area (Å²) in [5.41, 5.74) is 0. The third-order valence-electron chi connectivity index (χ3n) is 1.75. The minimum Gasteiger partial charge on any atom is -0.0654 e. The molecule has 1 atom stereocenters. The molecular formula is C8H18La. The monoisotopic (exact) mass is 253 g/mol. The summed E-state index contributed by atoms with van der Waals surface area (Å²) >= 11 is 0. The Hall–Kier alpha value is 1.19. The van der Waals surface area contributed by atoms with Gasteiger partial charge < -0.3 is 0 Å². The average molecular weight is 253 g/mol. The molecule has 0 rings (SSSR count). The van der Waals surface area contributed by atoms with Crippen LogP contribution in [0, 0.1) is 41.5 Å². The van der Waals surface area contributed by atoms with Gasteiger partial charge in [-0.15, -0.1) is 0 Å². The van der Waals surface area contributed by atoms with E-state index in [1.807, 2.05) is 0 Å². The van der Waals surface area contributed by atoms with Gasteiger partial charge in [-0.3, -0.25) is 0 Å². The summed E-state index contributed by atoms with van der Waals surface area (Å²) in [5, 5.41) is 0. The van der Waals surface area contributed by atoms with Crippen LogP contribution in [0.5, 0.6) is 0 Å². The van der Waals surface area contributed by atoms with E-state index >= 15 is 0 Å². The van der Waals surface area contributed by atoms with Crippen molar-refractivity contribution < 1.29 is 35.6 Å². The standard InChI is InChI=1S/C8H18.La/c1-4-6-7-8(3)5-2;/h8H,4-7H2,1-3H3;. The number of hydrogen-bond donors (Lipinski definition) is 0. The van der Waals surface area contributed by atoms with Gasteiger partial charge in [-0.1, -0.05) is 46.5 Å². The van der Waals surface area contributed by atoms with Crippen molar-refractivity contribution in [3.63, 3.8) is 0 Å². The van der Waals surface area contributed by atoms with Crippen LogP contribution < -0.4 is 0 Å². The van der Waals surface area contributed by atoms with Crippen LogP contribution in [-0.4, -0.2) is 0 Å². The molecule has 0 spiro atoms. The first kappa shape index (κ1) is 12.8. The van der Waals surface area contributed by atoms with E-state index in [4.69, 9.17) is 0 Å². The largest absolute Gasteiger partial charge is 0.0654 e. The number of hydrogen-bond acceptors (Lipinski definition) is 0. The van der Waals surface area contributed by atoms with Gasteiger partial charge in [0.25, 0.3) is 0 Å². The molecule has 0 aromatic heterocycles. The molecule has 0 nitrogen and oxygen atoms in total. The van der Waals surface area contributed by atoms with Crippen molar-refractivity contribution in [2.45, 2.75) is 46.5 Å². The Morgan fingerprint density at radius 2 is 1.78 bits per heavy atom. The van der Waals surface area contributed by atoms with Crippen LogP contribution in [0.15, 0.2) is 0 Å². The van der Waals surface area contributed by atoms with Gasteiger partial charge in [0, 0.05) is 35.6 Å². The quantitative estimate of drug-likeness (QED) is 0.721. The predicted octanol–water partition coefficient (Wildman–Crippen LogP) is 3.22. The summed E-state index contributed by atoms with van der Waals surface area (Å²) < 4.78 is 0. The smallest absolute Gasteiger partial charge is 0 e. The molecule has 0 aromatic carbocycles. The number of rotatable bonds is 4. The zero-order chi connectivity index (χ0) is 6.41. The van der Waals surface area contributed by atoms with Crippen LogP contribution in [0.3, 0.4) is 0 Å². The molecule has 0 aliphatic heterocycles. The number of unbranched alkanes of at least 4 members (excludes halogenated alkanes) is 1. The van der Waals surface area contributed by atoms with Crippen LogP contribution in [0.2, 0.25) is 0 Å². The Bertz CT molecular complexity index is 43.8. The van der Waals surface area contributed by atoms with E-state index in [0.29, 0.717) is 0 Å². The van der Waals surface area contributed by atoms with Crippen LogP contribution in [-0.2, 0) is 0 Å². The molecule has 0 amide bonds. The Kier molecular flexibility index (Phi) is 13.1. The van der Waals surface area contributed by atoms with E-state index in [0.717, 1.165) is 5.92 Å². The van der Waals surface area contributed by atoms with E-state index in [1.54, 1.807) is 0 Å². The van der Waals surface area contributed by atoms with Crippen LogP contribution in [0.1, 0.15) is 46.5 Å². The minimum atomic E-state index is 0. The molecule has 0 N–H and O–H groups in total. The van der Waals surface area contributed by atoms with Crippen molar-refractivity contribution >= 4 is 0 Å². The minimum absolute atomic E-state index is 0. The molecule has 0 aliphatic rings. The summed E-state index contributed by atoms with van der Waals surface area (Å²) in [5.74, 6) is 0.954. The molecular weight excluding hydrogens is 235 g/mol. The SMILES string of the molecule is CCCCC(C)CC.[La]. The molecule has 0 aliphatic carbocycles. The molecule has 0 heterocycles. The first-order valence-corrected chi connectivity index (χ1v) is 3.81. The first-order chi connectivity index (χ1) is 3.81. The molecule has 0 saturated carbocycles. The van der Waals surface area contributed by atoms with E-state index in [9.17, 15) is 0 Å². The summed E-state index contributed by atoms with van der Waals surface area (Å²) in [7, 11) is 0. The van der Waals surface area contributed by atoms with Crippen LogP contribution in [0.4, 0.5) is 0 Å². The Morgan fingerprint density at radius 3 is 2.11 bits per heavy atom. The molecule has 0 bridgehead atoms. The van der Waals surface area contributed by atoms with Gasteiger partial charge in [0.2, 0.25) is 0 Å². The molecule has 1 radical (unpaired) electrons. The molecule has 0 fully saturated rings. The molecule has 53 valence electrons. The summed E-state index contributed by atoms with van der Waals surface area (Å²) in [6.45, 7) is 6.85. The topological polar surface area (TPSA) is 0 Å². The van der Waals surface area contributed by atoms with Crippen molar-refractivity contribution in [3.05, 3.63) is 0 Å². The fourth-order valence-electron chi connectivity index (χ4n) is 0.757. The van der Waals surface area contributed by atoms with Gasteiger partial charge in [-0.05, 0) is 5.92 Å². The maximum atomic E-state index is 2.33. The third-order valence-corrected chi connectivity index (χ3v) is 1.75. The van der Waals surface area contributed by atoms with E-state index in [-0.39, 0.29) is 35.6 Å². The van der Waals surface area contributed by atoms with Crippen molar-refractivity contribution in [2.24, 2.45) is 5.92 Å². The van der Waals surface area contributed by atoms with Gasteiger partial charge in [-0.25, -0.2) is 0 Å². The van der Waals surface area contributed by atoms with E-state index in [2.05, 4.69) is 20.8 Å². The van der Waals surface area contributed by atoms with Crippen molar-refractivity contribution in [2.75, 3.05) is 0 Å². The maximum Gasteiger partial charge on any atom is 0 e. The second kappa shape index (κ2) is 9.19. The normalized spacial score (nSPS) is 12.3. The van der Waals surface area contributed by atoms with Crippen molar-refractivity contribution in [1.29, 1.82) is 0 Å². The molecule has 1 unspecified atom stereocenters. The second-order valence-electron chi connectivity index (χ2n) is 2.66. The van der Waals surface area contributed by atoms with Gasteiger partial charge in [0.15, 0.2) is 0 Å². The van der Waals surface area contributed by atoms with Gasteiger partial charge >= 0.3 is 0 Å². The summed E-state index contributed by atoms with van der Waals surface area (Å²) in [6, 6.07) is 0. The zero-order valence-electron chi connectivity index (χ0n) is 6.98. The van der Waals surface area contributed by atoms with Gasteiger partial charge in [0.1, 0.15) is 0 Å². The summed E-state index contributed by atoms with van der Waals surface area (Å²) in [4.78, 5) is 0. The molecule has 1 heteroatoms. The molecule has 0 saturated heterocycles. The van der Waals surface area contributed by atoms with Crippen LogP contribution >= 0.6 is 0 Å². The first-order valence-electron chi connectivity index (χ1n) is 3.81. The zero-order valence-corrected chi connectivity index (χ0v) is 10.6. The molecule has 9 heavy (non-hydrogen) atoms. The van der Waals surface area contributed by atoms with E-state index in [1.165, 1.54) is 25.7 Å². The van der Waals surface area contributed by atoms with E-state index < -0.39 is 0 Å². The van der Waals surface area contributed by atoms with Gasteiger partial charge in [-0.2, -0.15) is 0 Å². The fraction of sp³-hybridized carbons (Fsp3) is 1.00. The van der Waals surface area contributed by atoms with Crippen molar-refractivity contribution in [1.82, 2.24) is 0 Å². The average Bonchev–Trinajstić information content (AvgIpc) is 1.83. The maximum absolute atomic E-state index is 2.33. The Balaban J connectivity index is 0. The van der Waals surface area contributed by atoms with Gasteiger partial charge in [0.05, 0.1) is 0 Å². The Morgan fingerprint density at radius 1 is 1.22 bits per heavy atom. The third kappa shape index (κ3) is 9.19.